The van der Waals surface area contributed by atoms with E-state index in [-0.39, 0.29) is 11.1 Å². The van der Waals surface area contributed by atoms with Gasteiger partial charge in [0.25, 0.3) is 0 Å². The van der Waals surface area contributed by atoms with E-state index in [2.05, 4.69) is 5.32 Å². The van der Waals surface area contributed by atoms with Gasteiger partial charge in [-0.05, 0) is 29.6 Å². The zero-order valence-corrected chi connectivity index (χ0v) is 10.9. The molecule has 0 aliphatic rings. The molecule has 2 aromatic rings. The Morgan fingerprint density at radius 3 is 2.21 bits per heavy atom. The Kier molecular flexibility index (Phi) is 3.82. The number of anilines is 1. The molecule has 1 heterocycles. The lowest BCUT2D eigenvalue weighted by atomic mass is 10.1. The van der Waals surface area contributed by atoms with Crippen LogP contribution in [0.4, 0.5) is 5.69 Å². The van der Waals surface area contributed by atoms with E-state index in [1.165, 1.54) is 6.07 Å². The van der Waals surface area contributed by atoms with Crippen molar-refractivity contribution in [3.05, 3.63) is 51.7 Å². The average molecular weight is 275 g/mol. The number of nitrogens with two attached hydrogens (primary N) is 2. The molecule has 0 saturated heterocycles. The van der Waals surface area contributed by atoms with Crippen LogP contribution in [-0.4, -0.2) is 11.8 Å². The molecule has 0 saturated carbocycles. The standard InChI is InChI=1S/C13H13N3O2S/c14-12(17)8-4-9(13(15)18)6-10(5-8)16-7-11-2-1-3-19-11/h1-6,16H,7H2,(H2,14,17)(H2,15,18). The van der Waals surface area contributed by atoms with Crippen molar-refractivity contribution < 1.29 is 9.59 Å². The van der Waals surface area contributed by atoms with Crippen molar-refractivity contribution in [2.45, 2.75) is 6.54 Å². The number of nitrogens with one attached hydrogen (secondary N) is 1. The van der Waals surface area contributed by atoms with Gasteiger partial charge in [0.05, 0.1) is 0 Å². The molecular formula is C13H13N3O2S. The van der Waals surface area contributed by atoms with E-state index in [1.54, 1.807) is 23.5 Å². The number of carbonyl (C=O) groups is 2. The predicted octanol–water partition coefficient (Wildman–Crippen LogP) is 1.56. The van der Waals surface area contributed by atoms with E-state index in [9.17, 15) is 9.59 Å². The topological polar surface area (TPSA) is 98.2 Å². The summed E-state index contributed by atoms with van der Waals surface area (Å²) in [5, 5.41) is 5.11. The summed E-state index contributed by atoms with van der Waals surface area (Å²) in [6, 6.07) is 8.53. The fourth-order valence-electron chi connectivity index (χ4n) is 1.62. The molecule has 0 aliphatic carbocycles. The third-order valence-corrected chi connectivity index (χ3v) is 3.43. The van der Waals surface area contributed by atoms with Gasteiger partial charge in [-0.2, -0.15) is 0 Å². The van der Waals surface area contributed by atoms with Gasteiger partial charge in [-0.15, -0.1) is 11.3 Å². The normalized spacial score (nSPS) is 10.1. The van der Waals surface area contributed by atoms with Gasteiger partial charge in [-0.25, -0.2) is 0 Å². The van der Waals surface area contributed by atoms with Crippen LogP contribution < -0.4 is 16.8 Å². The van der Waals surface area contributed by atoms with Crippen LogP contribution in [0.1, 0.15) is 25.6 Å². The molecule has 0 bridgehead atoms. The number of thiophene rings is 1. The number of benzene rings is 1. The maximum absolute atomic E-state index is 11.2. The van der Waals surface area contributed by atoms with Crippen molar-refractivity contribution in [3.8, 4) is 0 Å². The van der Waals surface area contributed by atoms with E-state index in [4.69, 9.17) is 11.5 Å². The molecule has 5 N–H and O–H groups in total. The zero-order valence-electron chi connectivity index (χ0n) is 10.1. The maximum Gasteiger partial charge on any atom is 0.248 e. The molecule has 0 radical (unpaired) electrons. The molecule has 0 unspecified atom stereocenters. The summed E-state index contributed by atoms with van der Waals surface area (Å²) in [5.74, 6) is -1.19. The van der Waals surface area contributed by atoms with Crippen LogP contribution in [0.15, 0.2) is 35.7 Å². The van der Waals surface area contributed by atoms with Crippen molar-refractivity contribution in [3.63, 3.8) is 0 Å². The first-order valence-electron chi connectivity index (χ1n) is 5.57. The smallest absolute Gasteiger partial charge is 0.248 e. The Bertz CT molecular complexity index is 576. The first kappa shape index (κ1) is 13.1. The highest BCUT2D eigenvalue weighted by molar-refractivity contribution is 7.09. The first-order chi connectivity index (χ1) is 9.06. The molecule has 0 fully saturated rings. The van der Waals surface area contributed by atoms with Crippen LogP contribution in [0, 0.1) is 0 Å². The van der Waals surface area contributed by atoms with E-state index < -0.39 is 11.8 Å². The predicted molar refractivity (Wildman–Crippen MR) is 75.1 cm³/mol. The van der Waals surface area contributed by atoms with E-state index in [0.717, 1.165) is 4.88 Å². The van der Waals surface area contributed by atoms with Crippen molar-refractivity contribution >= 4 is 28.8 Å². The summed E-state index contributed by atoms with van der Waals surface area (Å²) in [6.45, 7) is 0.609. The summed E-state index contributed by atoms with van der Waals surface area (Å²) < 4.78 is 0. The van der Waals surface area contributed by atoms with Gasteiger partial charge in [0.1, 0.15) is 0 Å². The number of primary amides is 2. The highest BCUT2D eigenvalue weighted by Crippen LogP contribution is 2.17. The quantitative estimate of drug-likeness (QED) is 0.772. The van der Waals surface area contributed by atoms with Crippen molar-refractivity contribution in [2.75, 3.05) is 5.32 Å². The summed E-state index contributed by atoms with van der Waals surface area (Å²) in [7, 11) is 0. The minimum Gasteiger partial charge on any atom is -0.380 e. The minimum absolute atomic E-state index is 0.255. The van der Waals surface area contributed by atoms with Gasteiger partial charge in [-0.3, -0.25) is 9.59 Å². The fourth-order valence-corrected chi connectivity index (χ4v) is 2.26. The molecule has 0 aliphatic heterocycles. The third-order valence-electron chi connectivity index (χ3n) is 2.55. The SMILES string of the molecule is NC(=O)c1cc(NCc2cccs2)cc(C(N)=O)c1. The monoisotopic (exact) mass is 275 g/mol. The largest absolute Gasteiger partial charge is 0.380 e. The van der Waals surface area contributed by atoms with Crippen molar-refractivity contribution in [1.82, 2.24) is 0 Å². The van der Waals surface area contributed by atoms with Crippen LogP contribution in [0.25, 0.3) is 0 Å². The summed E-state index contributed by atoms with van der Waals surface area (Å²) in [4.78, 5) is 23.6. The Balaban J connectivity index is 2.23. The number of amides is 2. The lowest BCUT2D eigenvalue weighted by Crippen LogP contribution is -2.16. The highest BCUT2D eigenvalue weighted by atomic mass is 32.1. The molecule has 0 spiro atoms. The van der Waals surface area contributed by atoms with E-state index in [1.807, 2.05) is 17.5 Å². The van der Waals surface area contributed by atoms with Crippen LogP contribution in [0.5, 0.6) is 0 Å². The van der Waals surface area contributed by atoms with Gasteiger partial charge in [0.15, 0.2) is 0 Å². The zero-order chi connectivity index (χ0) is 13.8. The molecule has 98 valence electrons. The molecule has 19 heavy (non-hydrogen) atoms. The number of rotatable bonds is 5. The Labute approximate surface area is 114 Å². The third kappa shape index (κ3) is 3.32. The molecule has 2 rings (SSSR count). The van der Waals surface area contributed by atoms with Gasteiger partial charge < -0.3 is 16.8 Å². The van der Waals surface area contributed by atoms with Gasteiger partial charge >= 0.3 is 0 Å². The number of hydrogen-bond donors (Lipinski definition) is 3. The van der Waals surface area contributed by atoms with E-state index >= 15 is 0 Å². The Morgan fingerprint density at radius 1 is 1.11 bits per heavy atom. The fraction of sp³-hybridized carbons (Fsp3) is 0.0769. The lowest BCUT2D eigenvalue weighted by Gasteiger charge is -2.08. The molecule has 1 aromatic carbocycles. The summed E-state index contributed by atoms with van der Waals surface area (Å²) >= 11 is 1.62. The second-order valence-electron chi connectivity index (χ2n) is 3.96. The van der Waals surface area contributed by atoms with Gasteiger partial charge in [-0.1, -0.05) is 6.07 Å². The molecular weight excluding hydrogens is 262 g/mol. The minimum atomic E-state index is -0.595. The van der Waals surface area contributed by atoms with Gasteiger partial charge in [0, 0.05) is 28.2 Å². The molecule has 1 aromatic heterocycles. The van der Waals surface area contributed by atoms with Crippen LogP contribution >= 0.6 is 11.3 Å². The molecule has 5 nitrogen and oxygen atoms in total. The summed E-state index contributed by atoms with van der Waals surface area (Å²) in [6.07, 6.45) is 0. The Hall–Kier alpha value is -2.34. The first-order valence-corrected chi connectivity index (χ1v) is 6.45. The second kappa shape index (κ2) is 5.53. The number of carbonyl (C=O) groups excluding carboxylic acids is 2. The lowest BCUT2D eigenvalue weighted by molar-refractivity contribution is 0.0999. The maximum atomic E-state index is 11.2. The molecule has 2 amide bonds. The van der Waals surface area contributed by atoms with Crippen LogP contribution in [0.3, 0.4) is 0 Å². The average Bonchev–Trinajstić information content (AvgIpc) is 2.89. The second-order valence-corrected chi connectivity index (χ2v) is 4.99. The van der Waals surface area contributed by atoms with Crippen molar-refractivity contribution in [1.29, 1.82) is 0 Å². The van der Waals surface area contributed by atoms with Gasteiger partial charge in [0.2, 0.25) is 11.8 Å². The van der Waals surface area contributed by atoms with E-state index in [0.29, 0.717) is 12.2 Å². The molecule has 0 atom stereocenters. The highest BCUT2D eigenvalue weighted by Gasteiger charge is 2.09. The Morgan fingerprint density at radius 2 is 1.74 bits per heavy atom. The van der Waals surface area contributed by atoms with Crippen LogP contribution in [-0.2, 0) is 6.54 Å². The van der Waals surface area contributed by atoms with Crippen molar-refractivity contribution in [2.24, 2.45) is 11.5 Å². The number of hydrogen-bond acceptors (Lipinski definition) is 4. The molecule has 6 heteroatoms. The van der Waals surface area contributed by atoms with Crippen LogP contribution in [0.2, 0.25) is 0 Å². The summed E-state index contributed by atoms with van der Waals surface area (Å²) in [5.41, 5.74) is 11.6.